The highest BCUT2D eigenvalue weighted by molar-refractivity contribution is 5.18. The molecule has 0 saturated heterocycles. The van der Waals surface area contributed by atoms with E-state index in [1.807, 2.05) is 0 Å². The molecule has 0 spiro atoms. The van der Waals surface area contributed by atoms with Gasteiger partial charge in [0.15, 0.2) is 11.6 Å². The van der Waals surface area contributed by atoms with E-state index in [0.29, 0.717) is 18.7 Å². The third kappa shape index (κ3) is 3.93. The van der Waals surface area contributed by atoms with E-state index in [4.69, 9.17) is 5.73 Å². The van der Waals surface area contributed by atoms with Gasteiger partial charge in [0.25, 0.3) is 0 Å². The minimum Gasteiger partial charge on any atom is -0.330 e. The topological polar surface area (TPSA) is 38.0 Å². The number of benzene rings is 1. The van der Waals surface area contributed by atoms with E-state index in [9.17, 15) is 8.78 Å². The predicted molar refractivity (Wildman–Crippen MR) is 56.4 cm³/mol. The van der Waals surface area contributed by atoms with Crippen molar-refractivity contribution in [3.8, 4) is 0 Å². The second-order valence-electron chi connectivity index (χ2n) is 3.39. The second-order valence-corrected chi connectivity index (χ2v) is 3.39. The molecule has 0 saturated carbocycles. The Labute approximate surface area is 88.5 Å². The van der Waals surface area contributed by atoms with Crippen molar-refractivity contribution < 1.29 is 8.78 Å². The number of nitrogens with two attached hydrogens (primary N) is 1. The molecule has 0 heterocycles. The van der Waals surface area contributed by atoms with Crippen LogP contribution in [-0.4, -0.2) is 13.1 Å². The SMILES string of the molecule is NCCCCNCc1cccc(F)c1F. The average molecular weight is 214 g/mol. The number of rotatable bonds is 6. The average Bonchev–Trinajstić information content (AvgIpc) is 2.24. The lowest BCUT2D eigenvalue weighted by molar-refractivity contribution is 0.491. The van der Waals surface area contributed by atoms with Crippen LogP contribution in [0.5, 0.6) is 0 Å². The van der Waals surface area contributed by atoms with Crippen molar-refractivity contribution in [2.75, 3.05) is 13.1 Å². The van der Waals surface area contributed by atoms with Crippen LogP contribution in [0.4, 0.5) is 8.78 Å². The third-order valence-corrected chi connectivity index (χ3v) is 2.15. The standard InChI is InChI=1S/C11H16F2N2/c12-10-5-3-4-9(11(10)13)8-15-7-2-1-6-14/h3-5,15H,1-2,6-8,14H2. The highest BCUT2D eigenvalue weighted by Gasteiger charge is 2.05. The highest BCUT2D eigenvalue weighted by Crippen LogP contribution is 2.10. The minimum atomic E-state index is -0.795. The molecule has 0 radical (unpaired) electrons. The molecule has 15 heavy (non-hydrogen) atoms. The predicted octanol–water partition coefficient (Wildman–Crippen LogP) is 1.79. The van der Waals surface area contributed by atoms with Crippen LogP contribution in [-0.2, 0) is 6.54 Å². The number of halogens is 2. The maximum atomic E-state index is 13.1. The van der Waals surface area contributed by atoms with Crippen LogP contribution in [0, 0.1) is 11.6 Å². The molecule has 84 valence electrons. The van der Waals surface area contributed by atoms with E-state index in [0.717, 1.165) is 25.5 Å². The molecule has 0 aromatic heterocycles. The van der Waals surface area contributed by atoms with E-state index >= 15 is 0 Å². The molecule has 3 N–H and O–H groups in total. The molecule has 1 rings (SSSR count). The molecule has 0 aliphatic rings. The number of unbranched alkanes of at least 4 members (excludes halogenated alkanes) is 1. The van der Waals surface area contributed by atoms with Crippen molar-refractivity contribution in [1.29, 1.82) is 0 Å². The van der Waals surface area contributed by atoms with Crippen LogP contribution in [0.3, 0.4) is 0 Å². The normalized spacial score (nSPS) is 10.6. The lowest BCUT2D eigenvalue weighted by atomic mass is 10.2. The van der Waals surface area contributed by atoms with Crippen molar-refractivity contribution in [1.82, 2.24) is 5.32 Å². The summed E-state index contributed by atoms with van der Waals surface area (Å²) < 4.78 is 25.9. The van der Waals surface area contributed by atoms with Crippen LogP contribution in [0.25, 0.3) is 0 Å². The fourth-order valence-electron chi connectivity index (χ4n) is 1.30. The Morgan fingerprint density at radius 3 is 2.73 bits per heavy atom. The van der Waals surface area contributed by atoms with Gasteiger partial charge in [-0.3, -0.25) is 0 Å². The minimum absolute atomic E-state index is 0.355. The van der Waals surface area contributed by atoms with Gasteiger partial charge in [-0.15, -0.1) is 0 Å². The van der Waals surface area contributed by atoms with Crippen molar-refractivity contribution in [2.45, 2.75) is 19.4 Å². The van der Waals surface area contributed by atoms with Gasteiger partial charge in [0.05, 0.1) is 0 Å². The smallest absolute Gasteiger partial charge is 0.163 e. The first-order valence-electron chi connectivity index (χ1n) is 5.09. The fourth-order valence-corrected chi connectivity index (χ4v) is 1.30. The Bertz CT molecular complexity index is 303. The number of nitrogens with one attached hydrogen (secondary N) is 1. The largest absolute Gasteiger partial charge is 0.330 e. The first kappa shape index (κ1) is 12.1. The van der Waals surface area contributed by atoms with Gasteiger partial charge in [0.1, 0.15) is 0 Å². The summed E-state index contributed by atoms with van der Waals surface area (Å²) in [5, 5.41) is 3.04. The highest BCUT2D eigenvalue weighted by atomic mass is 19.2. The molecule has 0 aliphatic carbocycles. The molecular weight excluding hydrogens is 198 g/mol. The molecule has 0 bridgehead atoms. The summed E-state index contributed by atoms with van der Waals surface area (Å²) in [6.07, 6.45) is 1.89. The van der Waals surface area contributed by atoms with Gasteiger partial charge in [-0.05, 0) is 32.0 Å². The van der Waals surface area contributed by atoms with Crippen LogP contribution in [0.1, 0.15) is 18.4 Å². The molecule has 0 fully saturated rings. The monoisotopic (exact) mass is 214 g/mol. The molecule has 0 atom stereocenters. The first-order valence-corrected chi connectivity index (χ1v) is 5.09. The quantitative estimate of drug-likeness (QED) is 0.708. The van der Waals surface area contributed by atoms with Gasteiger partial charge in [-0.2, -0.15) is 0 Å². The van der Waals surface area contributed by atoms with Gasteiger partial charge < -0.3 is 11.1 Å². The van der Waals surface area contributed by atoms with Crippen molar-refractivity contribution in [3.05, 3.63) is 35.4 Å². The van der Waals surface area contributed by atoms with Crippen LogP contribution in [0.2, 0.25) is 0 Å². The summed E-state index contributed by atoms with van der Waals surface area (Å²) in [6, 6.07) is 4.21. The van der Waals surface area contributed by atoms with Crippen molar-refractivity contribution in [3.63, 3.8) is 0 Å². The molecule has 0 amide bonds. The second kappa shape index (κ2) is 6.48. The summed E-state index contributed by atoms with van der Waals surface area (Å²) >= 11 is 0. The lowest BCUT2D eigenvalue weighted by Gasteiger charge is -2.05. The van der Waals surface area contributed by atoms with E-state index in [1.165, 1.54) is 6.07 Å². The lowest BCUT2D eigenvalue weighted by Crippen LogP contribution is -2.17. The zero-order valence-corrected chi connectivity index (χ0v) is 8.60. The molecule has 2 nitrogen and oxygen atoms in total. The maximum Gasteiger partial charge on any atom is 0.163 e. The Morgan fingerprint density at radius 2 is 2.00 bits per heavy atom. The fraction of sp³-hybridized carbons (Fsp3) is 0.455. The van der Waals surface area contributed by atoms with Crippen LogP contribution >= 0.6 is 0 Å². The van der Waals surface area contributed by atoms with Crippen LogP contribution in [0.15, 0.2) is 18.2 Å². The molecule has 1 aromatic carbocycles. The van der Waals surface area contributed by atoms with E-state index in [2.05, 4.69) is 5.32 Å². The van der Waals surface area contributed by atoms with Gasteiger partial charge in [-0.1, -0.05) is 12.1 Å². The molecule has 1 aromatic rings. The first-order chi connectivity index (χ1) is 7.25. The van der Waals surface area contributed by atoms with Gasteiger partial charge in [-0.25, -0.2) is 8.78 Å². The van der Waals surface area contributed by atoms with E-state index < -0.39 is 11.6 Å². The van der Waals surface area contributed by atoms with Crippen LogP contribution < -0.4 is 11.1 Å². The van der Waals surface area contributed by atoms with E-state index in [-0.39, 0.29) is 0 Å². The van der Waals surface area contributed by atoms with Gasteiger partial charge in [0, 0.05) is 12.1 Å². The van der Waals surface area contributed by atoms with Crippen molar-refractivity contribution in [2.24, 2.45) is 5.73 Å². The summed E-state index contributed by atoms with van der Waals surface area (Å²) in [5.41, 5.74) is 5.69. The zero-order chi connectivity index (χ0) is 11.1. The summed E-state index contributed by atoms with van der Waals surface area (Å²) in [4.78, 5) is 0. The Hall–Kier alpha value is -1.00. The zero-order valence-electron chi connectivity index (χ0n) is 8.60. The summed E-state index contributed by atoms with van der Waals surface area (Å²) in [7, 11) is 0. The molecule has 0 unspecified atom stereocenters. The third-order valence-electron chi connectivity index (χ3n) is 2.15. The van der Waals surface area contributed by atoms with Crippen molar-refractivity contribution >= 4 is 0 Å². The Morgan fingerprint density at radius 1 is 1.20 bits per heavy atom. The number of hydrogen-bond acceptors (Lipinski definition) is 2. The van der Waals surface area contributed by atoms with E-state index in [1.54, 1.807) is 6.07 Å². The Balaban J connectivity index is 2.34. The molecule has 0 aliphatic heterocycles. The van der Waals surface area contributed by atoms with Gasteiger partial charge >= 0.3 is 0 Å². The molecule has 4 heteroatoms. The maximum absolute atomic E-state index is 13.1. The Kier molecular flexibility index (Phi) is 5.21. The summed E-state index contributed by atoms with van der Waals surface area (Å²) in [6.45, 7) is 1.79. The summed E-state index contributed by atoms with van der Waals surface area (Å²) in [5.74, 6) is -1.56. The molecular formula is C11H16F2N2. The number of hydrogen-bond donors (Lipinski definition) is 2. The van der Waals surface area contributed by atoms with Gasteiger partial charge in [0.2, 0.25) is 0 Å².